The van der Waals surface area contributed by atoms with Crippen LogP contribution in [0.5, 0.6) is 0 Å². The predicted molar refractivity (Wildman–Crippen MR) is 73.3 cm³/mol. The molecule has 102 valence electrons. The van der Waals surface area contributed by atoms with E-state index in [1.165, 1.54) is 44.9 Å². The average molecular weight is 250 g/mol. The van der Waals surface area contributed by atoms with E-state index < -0.39 is 0 Å². The highest BCUT2D eigenvalue weighted by Gasteiger charge is 2.40. The molecule has 0 N–H and O–H groups in total. The molecule has 0 aromatic rings. The summed E-state index contributed by atoms with van der Waals surface area (Å²) < 4.78 is 5.27. The summed E-state index contributed by atoms with van der Waals surface area (Å²) in [5.41, 5.74) is 0. The Morgan fingerprint density at radius 3 is 2.28 bits per heavy atom. The maximum absolute atomic E-state index is 11.4. The van der Waals surface area contributed by atoms with E-state index in [1.807, 2.05) is 0 Å². The maximum Gasteiger partial charge on any atom is 0.313 e. The van der Waals surface area contributed by atoms with Crippen molar-refractivity contribution in [2.75, 3.05) is 0 Å². The highest BCUT2D eigenvalue weighted by Crippen LogP contribution is 2.31. The molecule has 2 rings (SSSR count). The first-order valence-electron chi connectivity index (χ1n) is 7.73. The average Bonchev–Trinajstić information content (AvgIpc) is 2.37. The van der Waals surface area contributed by atoms with Crippen molar-refractivity contribution in [3.8, 4) is 0 Å². The Hall–Kier alpha value is -0.790. The van der Waals surface area contributed by atoms with Gasteiger partial charge in [0.25, 0.3) is 0 Å². The Kier molecular flexibility index (Phi) is 5.76. The van der Waals surface area contributed by atoms with Crippen LogP contribution < -0.4 is 0 Å². The third kappa shape index (κ3) is 4.15. The van der Waals surface area contributed by atoms with Gasteiger partial charge in [0.05, 0.1) is 5.92 Å². The quantitative estimate of drug-likeness (QED) is 0.471. The van der Waals surface area contributed by atoms with Gasteiger partial charge in [0.15, 0.2) is 0 Å². The third-order valence-corrected chi connectivity index (χ3v) is 4.18. The molecule has 1 aliphatic carbocycles. The fraction of sp³-hybridized carbons (Fsp3) is 0.812. The van der Waals surface area contributed by atoms with Gasteiger partial charge in [0, 0.05) is 0 Å². The SMILES string of the molecule is O=C1OC2CCCCCCCC/C=C/CCCC12. The van der Waals surface area contributed by atoms with E-state index in [9.17, 15) is 4.79 Å². The van der Waals surface area contributed by atoms with Gasteiger partial charge < -0.3 is 4.74 Å². The lowest BCUT2D eigenvalue weighted by atomic mass is 9.88. The standard InChI is InChI=1S/C16H26O2/c17-16-14-12-10-8-6-4-2-1-3-5-7-9-11-13-15(14)18-16/h4,6,14-15H,1-3,5,7-13H2/b6-4+. The maximum atomic E-state index is 11.4. The first kappa shape index (κ1) is 13.6. The predicted octanol–water partition coefficient (Wildman–Crippen LogP) is 4.39. The second-order valence-electron chi connectivity index (χ2n) is 5.68. The summed E-state index contributed by atoms with van der Waals surface area (Å²) >= 11 is 0. The molecule has 0 radical (unpaired) electrons. The zero-order valence-electron chi connectivity index (χ0n) is 11.4. The molecule has 0 saturated carbocycles. The van der Waals surface area contributed by atoms with E-state index in [4.69, 9.17) is 4.74 Å². The summed E-state index contributed by atoms with van der Waals surface area (Å²) in [6.07, 6.45) is 18.4. The van der Waals surface area contributed by atoms with E-state index >= 15 is 0 Å². The van der Waals surface area contributed by atoms with Crippen molar-refractivity contribution in [3.63, 3.8) is 0 Å². The Morgan fingerprint density at radius 1 is 0.833 bits per heavy atom. The van der Waals surface area contributed by atoms with Crippen LogP contribution in [0.4, 0.5) is 0 Å². The number of hydrogen-bond donors (Lipinski definition) is 0. The van der Waals surface area contributed by atoms with Crippen LogP contribution in [-0.4, -0.2) is 12.1 Å². The molecule has 0 bridgehead atoms. The highest BCUT2D eigenvalue weighted by molar-refractivity contribution is 5.78. The van der Waals surface area contributed by atoms with Crippen LogP contribution in [0.15, 0.2) is 12.2 Å². The van der Waals surface area contributed by atoms with Crippen molar-refractivity contribution in [1.82, 2.24) is 0 Å². The van der Waals surface area contributed by atoms with Crippen LogP contribution in [0.3, 0.4) is 0 Å². The second-order valence-corrected chi connectivity index (χ2v) is 5.68. The molecule has 0 aromatic heterocycles. The summed E-state index contributed by atoms with van der Waals surface area (Å²) in [7, 11) is 0. The molecule has 1 aliphatic heterocycles. The molecule has 2 atom stereocenters. The molecule has 2 heteroatoms. The van der Waals surface area contributed by atoms with Gasteiger partial charge in [-0.15, -0.1) is 0 Å². The normalized spacial score (nSPS) is 33.2. The summed E-state index contributed by atoms with van der Waals surface area (Å²) in [5, 5.41) is 0. The van der Waals surface area contributed by atoms with Crippen molar-refractivity contribution in [2.24, 2.45) is 5.92 Å². The van der Waals surface area contributed by atoms with Crippen LogP contribution in [-0.2, 0) is 9.53 Å². The highest BCUT2D eigenvalue weighted by atomic mass is 16.6. The summed E-state index contributed by atoms with van der Waals surface area (Å²) in [4.78, 5) is 11.4. The van der Waals surface area contributed by atoms with Crippen LogP contribution in [0.2, 0.25) is 0 Å². The number of hydrogen-bond acceptors (Lipinski definition) is 2. The largest absolute Gasteiger partial charge is 0.461 e. The molecule has 2 nitrogen and oxygen atoms in total. The van der Waals surface area contributed by atoms with Crippen LogP contribution in [0, 0.1) is 5.92 Å². The van der Waals surface area contributed by atoms with Gasteiger partial charge in [0.1, 0.15) is 6.10 Å². The first-order chi connectivity index (χ1) is 8.88. The third-order valence-electron chi connectivity index (χ3n) is 4.18. The van der Waals surface area contributed by atoms with E-state index in [0.717, 1.165) is 25.7 Å². The van der Waals surface area contributed by atoms with Crippen molar-refractivity contribution in [1.29, 1.82) is 0 Å². The minimum Gasteiger partial charge on any atom is -0.461 e. The van der Waals surface area contributed by atoms with Crippen molar-refractivity contribution < 1.29 is 9.53 Å². The summed E-state index contributed by atoms with van der Waals surface area (Å²) in [6, 6.07) is 0. The van der Waals surface area contributed by atoms with Crippen LogP contribution >= 0.6 is 0 Å². The van der Waals surface area contributed by atoms with Crippen molar-refractivity contribution in [3.05, 3.63) is 12.2 Å². The molecule has 1 heterocycles. The van der Waals surface area contributed by atoms with E-state index in [1.54, 1.807) is 0 Å². The van der Waals surface area contributed by atoms with Gasteiger partial charge in [-0.05, 0) is 44.9 Å². The lowest BCUT2D eigenvalue weighted by molar-refractivity contribution is -0.186. The second kappa shape index (κ2) is 7.60. The van der Waals surface area contributed by atoms with E-state index in [-0.39, 0.29) is 18.0 Å². The monoisotopic (exact) mass is 250 g/mol. The number of carbonyl (C=O) groups is 1. The van der Waals surface area contributed by atoms with Crippen molar-refractivity contribution in [2.45, 2.75) is 76.7 Å². The molecular weight excluding hydrogens is 224 g/mol. The minimum atomic E-state index is 0.0493. The van der Waals surface area contributed by atoms with Crippen molar-refractivity contribution >= 4 is 5.97 Å². The number of allylic oxidation sites excluding steroid dienone is 2. The van der Waals surface area contributed by atoms with Gasteiger partial charge in [-0.25, -0.2) is 0 Å². The molecule has 1 fully saturated rings. The zero-order valence-corrected chi connectivity index (χ0v) is 11.4. The number of esters is 1. The Labute approximate surface area is 111 Å². The van der Waals surface area contributed by atoms with Gasteiger partial charge in [-0.3, -0.25) is 4.79 Å². The molecule has 18 heavy (non-hydrogen) atoms. The fourth-order valence-corrected chi connectivity index (χ4v) is 2.97. The summed E-state index contributed by atoms with van der Waals surface area (Å²) in [5.74, 6) is 0.261. The molecule has 2 aliphatic rings. The van der Waals surface area contributed by atoms with Crippen LogP contribution in [0.25, 0.3) is 0 Å². The molecule has 0 aromatic carbocycles. The smallest absolute Gasteiger partial charge is 0.313 e. The van der Waals surface area contributed by atoms with Gasteiger partial charge in [0.2, 0.25) is 0 Å². The molecule has 0 amide bonds. The molecule has 2 unspecified atom stereocenters. The number of ether oxygens (including phenoxy) is 1. The Balaban J connectivity index is 1.76. The van der Waals surface area contributed by atoms with Gasteiger partial charge >= 0.3 is 5.97 Å². The minimum absolute atomic E-state index is 0.0493. The fourth-order valence-electron chi connectivity index (χ4n) is 2.97. The lowest BCUT2D eigenvalue weighted by Crippen LogP contribution is -2.44. The Bertz CT molecular complexity index is 283. The number of carbonyl (C=O) groups excluding carboxylic acids is 1. The van der Waals surface area contributed by atoms with Gasteiger partial charge in [-0.2, -0.15) is 0 Å². The number of rotatable bonds is 0. The molecule has 1 saturated heterocycles. The van der Waals surface area contributed by atoms with E-state index in [2.05, 4.69) is 12.2 Å². The molecule has 0 spiro atoms. The lowest BCUT2D eigenvalue weighted by Gasteiger charge is -2.35. The first-order valence-corrected chi connectivity index (χ1v) is 7.73. The zero-order chi connectivity index (χ0) is 12.6. The van der Waals surface area contributed by atoms with Gasteiger partial charge in [-0.1, -0.05) is 37.8 Å². The van der Waals surface area contributed by atoms with Crippen LogP contribution in [0.1, 0.15) is 70.6 Å². The molecular formula is C16H26O2. The summed E-state index contributed by atoms with van der Waals surface area (Å²) in [6.45, 7) is 0. The Morgan fingerprint density at radius 2 is 1.50 bits per heavy atom. The number of fused-ring (bicyclic) bond motifs is 1. The van der Waals surface area contributed by atoms with E-state index in [0.29, 0.717) is 0 Å². The topological polar surface area (TPSA) is 26.3 Å².